The molecular weight excluding hydrogens is 208 g/mol. The monoisotopic (exact) mass is 222 g/mol. The van der Waals surface area contributed by atoms with E-state index in [1.807, 2.05) is 18.2 Å². The molecule has 5 heteroatoms. The molecule has 0 aliphatic carbocycles. The molecule has 0 spiro atoms. The van der Waals surface area contributed by atoms with E-state index in [9.17, 15) is 4.79 Å². The van der Waals surface area contributed by atoms with Crippen LogP contribution >= 0.6 is 0 Å². The fourth-order valence-electron chi connectivity index (χ4n) is 1.34. The Morgan fingerprint density at radius 2 is 2.12 bits per heavy atom. The molecule has 0 atom stereocenters. The van der Waals surface area contributed by atoms with Gasteiger partial charge in [0.25, 0.3) is 0 Å². The van der Waals surface area contributed by atoms with Crippen LogP contribution in [0.2, 0.25) is 0 Å². The molecule has 0 radical (unpaired) electrons. The van der Waals surface area contributed by atoms with Crippen LogP contribution in [0.3, 0.4) is 0 Å². The second kappa shape index (κ2) is 4.30. The average Bonchev–Trinajstić information content (AvgIpc) is 2.72. The number of benzene rings is 1. The third-order valence-corrected chi connectivity index (χ3v) is 2.32. The van der Waals surface area contributed by atoms with E-state index in [1.165, 1.54) is 0 Å². The van der Waals surface area contributed by atoms with Crippen LogP contribution in [0.15, 0.2) is 18.2 Å². The number of ether oxygens (including phenoxy) is 2. The summed E-state index contributed by atoms with van der Waals surface area (Å²) >= 11 is 0. The standard InChI is InChI=1S/C11H14N2O3/c1-13(2)11(14)6-12-8-3-4-9-10(5-8)16-7-15-9/h3-5,12H,6-7H2,1-2H3. The number of fused-ring (bicyclic) bond motifs is 1. The van der Waals surface area contributed by atoms with E-state index in [0.717, 1.165) is 11.4 Å². The second-order valence-corrected chi connectivity index (χ2v) is 3.71. The Morgan fingerprint density at radius 3 is 2.88 bits per heavy atom. The molecular formula is C11H14N2O3. The summed E-state index contributed by atoms with van der Waals surface area (Å²) < 4.78 is 10.4. The van der Waals surface area contributed by atoms with Gasteiger partial charge in [-0.05, 0) is 12.1 Å². The van der Waals surface area contributed by atoms with Gasteiger partial charge in [-0.25, -0.2) is 0 Å². The highest BCUT2D eigenvalue weighted by Crippen LogP contribution is 2.34. The van der Waals surface area contributed by atoms with Gasteiger partial charge in [-0.15, -0.1) is 0 Å². The maximum absolute atomic E-state index is 11.4. The maximum atomic E-state index is 11.4. The number of nitrogens with zero attached hydrogens (tertiary/aromatic N) is 1. The fourth-order valence-corrected chi connectivity index (χ4v) is 1.34. The summed E-state index contributed by atoms with van der Waals surface area (Å²) in [6.45, 7) is 0.530. The lowest BCUT2D eigenvalue weighted by Gasteiger charge is -2.11. The Bertz CT molecular complexity index is 404. The van der Waals surface area contributed by atoms with Crippen LogP contribution in [0.1, 0.15) is 0 Å². The lowest BCUT2D eigenvalue weighted by molar-refractivity contribution is -0.126. The van der Waals surface area contributed by atoms with Crippen molar-refractivity contribution in [2.75, 3.05) is 32.7 Å². The molecule has 1 aromatic rings. The van der Waals surface area contributed by atoms with Crippen molar-refractivity contribution in [1.82, 2.24) is 4.90 Å². The Labute approximate surface area is 93.9 Å². The topological polar surface area (TPSA) is 50.8 Å². The Hall–Kier alpha value is -1.91. The quantitative estimate of drug-likeness (QED) is 0.826. The molecule has 0 aromatic heterocycles. The predicted molar refractivity (Wildman–Crippen MR) is 59.7 cm³/mol. The summed E-state index contributed by atoms with van der Waals surface area (Å²) in [6, 6.07) is 5.51. The normalized spacial score (nSPS) is 12.4. The van der Waals surface area contributed by atoms with E-state index < -0.39 is 0 Å². The number of hydrogen-bond acceptors (Lipinski definition) is 4. The zero-order valence-electron chi connectivity index (χ0n) is 9.32. The van der Waals surface area contributed by atoms with E-state index in [-0.39, 0.29) is 19.2 Å². The van der Waals surface area contributed by atoms with Gasteiger partial charge >= 0.3 is 0 Å². The van der Waals surface area contributed by atoms with Crippen molar-refractivity contribution in [3.63, 3.8) is 0 Å². The lowest BCUT2D eigenvalue weighted by Crippen LogP contribution is -2.28. The molecule has 0 fully saturated rings. The first kappa shape index (κ1) is 10.6. The first-order chi connectivity index (χ1) is 7.66. The number of carbonyl (C=O) groups excluding carboxylic acids is 1. The SMILES string of the molecule is CN(C)C(=O)CNc1ccc2c(c1)OCO2. The summed E-state index contributed by atoms with van der Waals surface area (Å²) in [7, 11) is 3.45. The van der Waals surface area contributed by atoms with Crippen molar-refractivity contribution in [1.29, 1.82) is 0 Å². The van der Waals surface area contributed by atoms with Gasteiger partial charge in [0.1, 0.15) is 0 Å². The summed E-state index contributed by atoms with van der Waals surface area (Å²) in [5.74, 6) is 1.48. The predicted octanol–water partition coefficient (Wildman–Crippen LogP) is 0.915. The zero-order valence-corrected chi connectivity index (χ0v) is 9.32. The summed E-state index contributed by atoms with van der Waals surface area (Å²) in [6.07, 6.45) is 0. The summed E-state index contributed by atoms with van der Waals surface area (Å²) in [5.41, 5.74) is 0.847. The molecule has 0 unspecified atom stereocenters. The van der Waals surface area contributed by atoms with Crippen LogP contribution in [0.25, 0.3) is 0 Å². The van der Waals surface area contributed by atoms with E-state index in [1.54, 1.807) is 19.0 Å². The number of hydrogen-bond donors (Lipinski definition) is 1. The van der Waals surface area contributed by atoms with Crippen LogP contribution in [-0.2, 0) is 4.79 Å². The highest BCUT2D eigenvalue weighted by molar-refractivity contribution is 5.80. The number of likely N-dealkylation sites (N-methyl/N-ethyl adjacent to an activating group) is 1. The van der Waals surface area contributed by atoms with Crippen molar-refractivity contribution in [2.45, 2.75) is 0 Å². The first-order valence-corrected chi connectivity index (χ1v) is 5.00. The number of rotatable bonds is 3. The van der Waals surface area contributed by atoms with Crippen molar-refractivity contribution in [3.8, 4) is 11.5 Å². The van der Waals surface area contributed by atoms with Crippen LogP contribution in [0.5, 0.6) is 11.5 Å². The largest absolute Gasteiger partial charge is 0.454 e. The number of amides is 1. The molecule has 1 N–H and O–H groups in total. The maximum Gasteiger partial charge on any atom is 0.241 e. The van der Waals surface area contributed by atoms with Crippen molar-refractivity contribution < 1.29 is 14.3 Å². The molecule has 1 heterocycles. The van der Waals surface area contributed by atoms with Gasteiger partial charge in [0.15, 0.2) is 11.5 Å². The van der Waals surface area contributed by atoms with Gasteiger partial charge < -0.3 is 19.7 Å². The molecule has 86 valence electrons. The summed E-state index contributed by atoms with van der Waals surface area (Å²) in [4.78, 5) is 12.9. The third-order valence-electron chi connectivity index (χ3n) is 2.32. The average molecular weight is 222 g/mol. The smallest absolute Gasteiger partial charge is 0.241 e. The van der Waals surface area contributed by atoms with Crippen LogP contribution in [0, 0.1) is 0 Å². The van der Waals surface area contributed by atoms with Crippen LogP contribution in [-0.4, -0.2) is 38.2 Å². The second-order valence-electron chi connectivity index (χ2n) is 3.71. The van der Waals surface area contributed by atoms with E-state index in [4.69, 9.17) is 9.47 Å². The van der Waals surface area contributed by atoms with E-state index in [0.29, 0.717) is 5.75 Å². The molecule has 0 saturated carbocycles. The molecule has 0 saturated heterocycles. The molecule has 16 heavy (non-hydrogen) atoms. The van der Waals surface area contributed by atoms with Gasteiger partial charge in [-0.3, -0.25) is 4.79 Å². The molecule has 5 nitrogen and oxygen atoms in total. The number of anilines is 1. The van der Waals surface area contributed by atoms with Gasteiger partial charge in [0.05, 0.1) is 6.54 Å². The molecule has 1 aliphatic heterocycles. The Morgan fingerprint density at radius 1 is 1.38 bits per heavy atom. The Kier molecular flexibility index (Phi) is 2.85. The highest BCUT2D eigenvalue weighted by atomic mass is 16.7. The lowest BCUT2D eigenvalue weighted by atomic mass is 10.3. The highest BCUT2D eigenvalue weighted by Gasteiger charge is 2.13. The molecule has 0 bridgehead atoms. The van der Waals surface area contributed by atoms with Gasteiger partial charge in [0.2, 0.25) is 12.7 Å². The van der Waals surface area contributed by atoms with Gasteiger partial charge in [0, 0.05) is 25.8 Å². The summed E-state index contributed by atoms with van der Waals surface area (Å²) in [5, 5.41) is 3.03. The van der Waals surface area contributed by atoms with Crippen molar-refractivity contribution in [2.24, 2.45) is 0 Å². The number of nitrogens with one attached hydrogen (secondary N) is 1. The van der Waals surface area contributed by atoms with E-state index in [2.05, 4.69) is 5.32 Å². The molecule has 1 amide bonds. The Balaban J connectivity index is 1.98. The van der Waals surface area contributed by atoms with Gasteiger partial charge in [-0.2, -0.15) is 0 Å². The van der Waals surface area contributed by atoms with E-state index >= 15 is 0 Å². The van der Waals surface area contributed by atoms with Crippen LogP contribution in [0.4, 0.5) is 5.69 Å². The molecule has 1 aliphatic rings. The minimum absolute atomic E-state index is 0.0256. The van der Waals surface area contributed by atoms with Gasteiger partial charge in [-0.1, -0.05) is 0 Å². The minimum atomic E-state index is 0.0256. The van der Waals surface area contributed by atoms with Crippen molar-refractivity contribution >= 4 is 11.6 Å². The fraction of sp³-hybridized carbons (Fsp3) is 0.364. The first-order valence-electron chi connectivity index (χ1n) is 5.00. The number of carbonyl (C=O) groups is 1. The van der Waals surface area contributed by atoms with Crippen molar-refractivity contribution in [3.05, 3.63) is 18.2 Å². The van der Waals surface area contributed by atoms with Crippen LogP contribution < -0.4 is 14.8 Å². The zero-order chi connectivity index (χ0) is 11.5. The minimum Gasteiger partial charge on any atom is -0.454 e. The molecule has 2 rings (SSSR count). The molecule has 1 aromatic carbocycles. The third kappa shape index (κ3) is 2.18.